The minimum absolute atomic E-state index is 0.00791. The number of benzene rings is 1. The molecular weight excluding hydrogens is 281 g/mol. The van der Waals surface area contributed by atoms with Crippen molar-refractivity contribution in [3.8, 4) is 0 Å². The molecule has 1 aromatic carbocycles. The Morgan fingerprint density at radius 2 is 1.90 bits per heavy atom. The van der Waals surface area contributed by atoms with E-state index in [1.54, 1.807) is 0 Å². The summed E-state index contributed by atoms with van der Waals surface area (Å²) in [7, 11) is 0. The smallest absolute Gasteiger partial charge is 0.349 e. The third-order valence-corrected chi connectivity index (χ3v) is 3.91. The molecule has 3 nitrogen and oxygen atoms in total. The first kappa shape index (κ1) is 15.8. The molecule has 1 aliphatic rings. The summed E-state index contributed by atoms with van der Waals surface area (Å²) in [6.45, 7) is 5.72. The molecule has 0 radical (unpaired) electrons. The summed E-state index contributed by atoms with van der Waals surface area (Å²) in [4.78, 5) is 12.1. The minimum atomic E-state index is -4.38. The van der Waals surface area contributed by atoms with E-state index in [0.717, 1.165) is 31.6 Å². The van der Waals surface area contributed by atoms with E-state index in [1.165, 1.54) is 12.1 Å². The van der Waals surface area contributed by atoms with Crippen LogP contribution in [0.3, 0.4) is 0 Å². The lowest BCUT2D eigenvalue weighted by Crippen LogP contribution is -2.54. The first-order valence-electron chi connectivity index (χ1n) is 6.89. The van der Waals surface area contributed by atoms with Gasteiger partial charge in [0, 0.05) is 18.2 Å². The Labute approximate surface area is 121 Å². The molecule has 116 valence electrons. The molecular formula is C15H19F3N2O. The number of hydrogen-bond acceptors (Lipinski definition) is 2. The number of amides is 1. The fourth-order valence-corrected chi connectivity index (χ4v) is 2.49. The lowest BCUT2D eigenvalue weighted by Gasteiger charge is -2.39. The van der Waals surface area contributed by atoms with E-state index in [0.29, 0.717) is 0 Å². The summed E-state index contributed by atoms with van der Waals surface area (Å²) in [5, 5.41) is 6.19. The van der Waals surface area contributed by atoms with Crippen LogP contribution in [-0.4, -0.2) is 25.0 Å². The lowest BCUT2D eigenvalue weighted by molar-refractivity contribution is -0.137. The molecule has 21 heavy (non-hydrogen) atoms. The number of nitrogens with one attached hydrogen (secondary N) is 2. The molecule has 2 rings (SSSR count). The van der Waals surface area contributed by atoms with Gasteiger partial charge in [-0.1, -0.05) is 13.8 Å². The Morgan fingerprint density at radius 3 is 2.43 bits per heavy atom. The molecule has 1 aliphatic heterocycles. The van der Waals surface area contributed by atoms with Crippen molar-refractivity contribution in [1.29, 1.82) is 0 Å². The highest BCUT2D eigenvalue weighted by Gasteiger charge is 2.34. The average Bonchev–Trinajstić information content (AvgIpc) is 2.40. The third kappa shape index (κ3) is 3.75. The van der Waals surface area contributed by atoms with Gasteiger partial charge in [0.15, 0.2) is 0 Å². The van der Waals surface area contributed by atoms with E-state index in [1.807, 2.05) is 0 Å². The highest BCUT2D eigenvalue weighted by atomic mass is 19.4. The van der Waals surface area contributed by atoms with Crippen LogP contribution in [0.4, 0.5) is 13.2 Å². The van der Waals surface area contributed by atoms with Crippen LogP contribution in [0, 0.1) is 5.41 Å². The maximum absolute atomic E-state index is 12.5. The van der Waals surface area contributed by atoms with Crippen molar-refractivity contribution in [3.05, 3.63) is 35.4 Å². The van der Waals surface area contributed by atoms with Gasteiger partial charge >= 0.3 is 6.18 Å². The van der Waals surface area contributed by atoms with Crippen LogP contribution in [0.25, 0.3) is 0 Å². The average molecular weight is 300 g/mol. The minimum Gasteiger partial charge on any atom is -0.349 e. The highest BCUT2D eigenvalue weighted by Crippen LogP contribution is 2.29. The number of halogens is 3. The molecule has 1 fully saturated rings. The monoisotopic (exact) mass is 300 g/mol. The van der Waals surface area contributed by atoms with Crippen LogP contribution in [0.5, 0.6) is 0 Å². The molecule has 0 aromatic heterocycles. The van der Waals surface area contributed by atoms with Gasteiger partial charge in [-0.05, 0) is 42.6 Å². The van der Waals surface area contributed by atoms with E-state index >= 15 is 0 Å². The quantitative estimate of drug-likeness (QED) is 0.882. The fraction of sp³-hybridized carbons (Fsp3) is 0.533. The molecule has 1 aromatic rings. The van der Waals surface area contributed by atoms with Crippen LogP contribution in [0.15, 0.2) is 24.3 Å². The van der Waals surface area contributed by atoms with Gasteiger partial charge in [-0.25, -0.2) is 0 Å². The molecule has 1 amide bonds. The van der Waals surface area contributed by atoms with Crippen molar-refractivity contribution in [2.75, 3.05) is 13.1 Å². The summed E-state index contributed by atoms with van der Waals surface area (Å²) >= 11 is 0. The Morgan fingerprint density at radius 1 is 1.29 bits per heavy atom. The summed E-state index contributed by atoms with van der Waals surface area (Å²) in [5.74, 6) is -0.330. The Hall–Kier alpha value is -1.56. The summed E-state index contributed by atoms with van der Waals surface area (Å²) in [6.07, 6.45) is -3.58. The predicted molar refractivity (Wildman–Crippen MR) is 74.0 cm³/mol. The second-order valence-electron chi connectivity index (χ2n) is 6.06. The van der Waals surface area contributed by atoms with Crippen LogP contribution in [0.1, 0.15) is 36.2 Å². The Kier molecular flexibility index (Phi) is 4.27. The first-order valence-corrected chi connectivity index (χ1v) is 6.89. The van der Waals surface area contributed by atoms with Crippen LogP contribution < -0.4 is 10.6 Å². The van der Waals surface area contributed by atoms with Gasteiger partial charge in [0.25, 0.3) is 5.91 Å². The zero-order valence-electron chi connectivity index (χ0n) is 12.1. The Bertz CT molecular complexity index is 509. The number of alkyl halides is 3. The van der Waals surface area contributed by atoms with Crippen molar-refractivity contribution >= 4 is 5.91 Å². The SMILES string of the molecule is CC1(C)CNCCC1NC(=O)c1ccc(C(F)(F)F)cc1. The van der Waals surface area contributed by atoms with Crippen molar-refractivity contribution in [2.45, 2.75) is 32.5 Å². The van der Waals surface area contributed by atoms with Gasteiger partial charge in [0.1, 0.15) is 0 Å². The van der Waals surface area contributed by atoms with Crippen molar-refractivity contribution in [3.63, 3.8) is 0 Å². The zero-order valence-corrected chi connectivity index (χ0v) is 12.1. The zero-order chi connectivity index (χ0) is 15.7. The Balaban J connectivity index is 2.07. The van der Waals surface area contributed by atoms with Crippen LogP contribution in [0.2, 0.25) is 0 Å². The predicted octanol–water partition coefficient (Wildman–Crippen LogP) is 2.82. The molecule has 1 unspecified atom stereocenters. The summed E-state index contributed by atoms with van der Waals surface area (Å²) in [6, 6.07) is 4.30. The third-order valence-electron chi connectivity index (χ3n) is 3.91. The molecule has 0 spiro atoms. The van der Waals surface area contributed by atoms with Gasteiger partial charge in [0.05, 0.1) is 5.56 Å². The molecule has 2 N–H and O–H groups in total. The maximum Gasteiger partial charge on any atom is 0.416 e. The van der Waals surface area contributed by atoms with E-state index in [4.69, 9.17) is 0 Å². The number of piperidine rings is 1. The summed E-state index contributed by atoms with van der Waals surface area (Å²) in [5.41, 5.74) is -0.585. The molecule has 0 bridgehead atoms. The van der Waals surface area contributed by atoms with E-state index < -0.39 is 11.7 Å². The standard InChI is InChI=1S/C15H19F3N2O/c1-14(2)9-19-8-7-12(14)20-13(21)10-3-5-11(6-4-10)15(16,17)18/h3-6,12,19H,7-9H2,1-2H3,(H,20,21). The van der Waals surface area contributed by atoms with Gasteiger partial charge in [-0.2, -0.15) is 13.2 Å². The second-order valence-corrected chi connectivity index (χ2v) is 6.06. The molecule has 1 saturated heterocycles. The molecule has 6 heteroatoms. The number of carbonyl (C=O) groups excluding carboxylic acids is 1. The van der Waals surface area contributed by atoms with Gasteiger partial charge < -0.3 is 10.6 Å². The molecule has 0 saturated carbocycles. The van der Waals surface area contributed by atoms with Crippen molar-refractivity contribution < 1.29 is 18.0 Å². The molecule has 1 heterocycles. The number of hydrogen-bond donors (Lipinski definition) is 2. The fourth-order valence-electron chi connectivity index (χ4n) is 2.49. The first-order chi connectivity index (χ1) is 9.70. The number of rotatable bonds is 2. The molecule has 0 aliphatic carbocycles. The van der Waals surface area contributed by atoms with Crippen LogP contribution >= 0.6 is 0 Å². The van der Waals surface area contributed by atoms with Crippen LogP contribution in [-0.2, 0) is 6.18 Å². The second kappa shape index (κ2) is 5.67. The normalized spacial score (nSPS) is 21.9. The van der Waals surface area contributed by atoms with Crippen molar-refractivity contribution in [2.24, 2.45) is 5.41 Å². The van der Waals surface area contributed by atoms with E-state index in [2.05, 4.69) is 24.5 Å². The largest absolute Gasteiger partial charge is 0.416 e. The van der Waals surface area contributed by atoms with Gasteiger partial charge in [0.2, 0.25) is 0 Å². The maximum atomic E-state index is 12.5. The van der Waals surface area contributed by atoms with Gasteiger partial charge in [-0.3, -0.25) is 4.79 Å². The topological polar surface area (TPSA) is 41.1 Å². The van der Waals surface area contributed by atoms with Crippen molar-refractivity contribution in [1.82, 2.24) is 10.6 Å². The molecule has 1 atom stereocenters. The lowest BCUT2D eigenvalue weighted by atomic mass is 9.80. The van der Waals surface area contributed by atoms with E-state index in [9.17, 15) is 18.0 Å². The van der Waals surface area contributed by atoms with E-state index in [-0.39, 0.29) is 22.9 Å². The number of carbonyl (C=O) groups is 1. The highest BCUT2D eigenvalue weighted by molar-refractivity contribution is 5.94. The summed E-state index contributed by atoms with van der Waals surface area (Å²) < 4.78 is 37.5. The van der Waals surface area contributed by atoms with Gasteiger partial charge in [-0.15, -0.1) is 0 Å².